The van der Waals surface area contributed by atoms with E-state index >= 15 is 0 Å². The Morgan fingerprint density at radius 3 is 2.17 bits per heavy atom. The summed E-state index contributed by atoms with van der Waals surface area (Å²) in [4.78, 5) is 0. The van der Waals surface area contributed by atoms with Crippen LogP contribution >= 0.6 is 0 Å². The molecule has 0 N–H and O–H groups in total. The summed E-state index contributed by atoms with van der Waals surface area (Å²) in [6, 6.07) is 0. The van der Waals surface area contributed by atoms with Gasteiger partial charge < -0.3 is 10.6 Å². The maximum Gasteiger partial charge on any atom is 1.00 e. The monoisotopic (exact) mass is 175 g/mol. The molecule has 0 aromatic rings. The van der Waals surface area contributed by atoms with Crippen molar-refractivity contribution in [2.75, 3.05) is 13.1 Å². The Labute approximate surface area is 89.8 Å². The third-order valence-corrected chi connectivity index (χ3v) is 3.84. The molecule has 0 saturated heterocycles. The average molecular weight is 175 g/mol. The SMILES string of the molecule is C=[C-]CN(CC=C)[Si](C)(C)C.[Li+]. The molecule has 0 aromatic heterocycles. The van der Waals surface area contributed by atoms with E-state index in [1.54, 1.807) is 0 Å². The van der Waals surface area contributed by atoms with Crippen molar-refractivity contribution in [1.82, 2.24) is 4.57 Å². The van der Waals surface area contributed by atoms with Crippen molar-refractivity contribution in [3.8, 4) is 0 Å². The molecular weight excluding hydrogens is 157 g/mol. The Kier molecular flexibility index (Phi) is 8.29. The van der Waals surface area contributed by atoms with E-state index in [1.165, 1.54) is 0 Å². The predicted octanol–water partition coefficient (Wildman–Crippen LogP) is -0.698. The van der Waals surface area contributed by atoms with E-state index in [-0.39, 0.29) is 18.9 Å². The van der Waals surface area contributed by atoms with Gasteiger partial charge in [-0.2, -0.15) is 0 Å². The number of hydrogen-bond donors (Lipinski definition) is 0. The molecule has 3 heteroatoms. The molecule has 0 atom stereocenters. The van der Waals surface area contributed by atoms with Gasteiger partial charge in [-0.15, -0.1) is 13.1 Å². The Bertz CT molecular complexity index is 130. The van der Waals surface area contributed by atoms with Crippen molar-refractivity contribution >= 4 is 8.24 Å². The fraction of sp³-hybridized carbons (Fsp3) is 0.556. The van der Waals surface area contributed by atoms with E-state index in [9.17, 15) is 0 Å². The Morgan fingerprint density at radius 1 is 1.42 bits per heavy atom. The Morgan fingerprint density at radius 2 is 1.92 bits per heavy atom. The number of nitrogens with zero attached hydrogens (tertiary/aromatic N) is 1. The second-order valence-corrected chi connectivity index (χ2v) is 8.56. The van der Waals surface area contributed by atoms with Gasteiger partial charge in [0.1, 0.15) is 8.24 Å². The summed E-state index contributed by atoms with van der Waals surface area (Å²) in [6.07, 6.45) is 4.86. The van der Waals surface area contributed by atoms with E-state index in [4.69, 9.17) is 0 Å². The molecule has 0 aromatic carbocycles. The first-order valence-corrected chi connectivity index (χ1v) is 7.33. The van der Waals surface area contributed by atoms with Crippen LogP contribution in [0.5, 0.6) is 0 Å². The van der Waals surface area contributed by atoms with Crippen LogP contribution in [0.15, 0.2) is 19.2 Å². The standard InChI is InChI=1S/C9H18NSi.Li/c1-6-8-10(9-7-2)11(3,4)5;/h6H,1-2,8-9H2,3-5H3;/q-1;+1. The topological polar surface area (TPSA) is 3.24 Å². The van der Waals surface area contributed by atoms with Crippen molar-refractivity contribution in [3.63, 3.8) is 0 Å². The fourth-order valence-corrected chi connectivity index (χ4v) is 2.13. The molecule has 0 heterocycles. The van der Waals surface area contributed by atoms with Gasteiger partial charge in [-0.1, -0.05) is 25.7 Å². The van der Waals surface area contributed by atoms with Gasteiger partial charge in [-0.25, -0.2) is 0 Å². The van der Waals surface area contributed by atoms with E-state index in [0.717, 1.165) is 13.1 Å². The maximum atomic E-state index is 3.73. The predicted molar refractivity (Wildman–Crippen MR) is 54.0 cm³/mol. The average Bonchev–Trinajstić information content (AvgIpc) is 1.85. The summed E-state index contributed by atoms with van der Waals surface area (Å²) in [7, 11) is -1.17. The minimum absolute atomic E-state index is 0. The van der Waals surface area contributed by atoms with Crippen molar-refractivity contribution in [2.45, 2.75) is 19.6 Å². The largest absolute Gasteiger partial charge is 1.00 e. The second kappa shape index (κ2) is 6.74. The smallest absolute Gasteiger partial charge is 0.490 e. The molecule has 0 fully saturated rings. The first-order valence-electron chi connectivity index (χ1n) is 3.88. The molecular formula is C9H18LiNSi. The Balaban J connectivity index is 0. The van der Waals surface area contributed by atoms with Crippen LogP contribution in [-0.2, 0) is 0 Å². The molecule has 0 bridgehead atoms. The summed E-state index contributed by atoms with van der Waals surface area (Å²) in [5.74, 6) is 0. The van der Waals surface area contributed by atoms with E-state index in [2.05, 4.69) is 43.4 Å². The van der Waals surface area contributed by atoms with Crippen LogP contribution in [0.2, 0.25) is 19.6 Å². The van der Waals surface area contributed by atoms with Crippen LogP contribution in [0, 0.1) is 6.08 Å². The molecule has 0 aliphatic rings. The van der Waals surface area contributed by atoms with Crippen LogP contribution in [0.25, 0.3) is 0 Å². The van der Waals surface area contributed by atoms with Gasteiger partial charge in [0.05, 0.1) is 0 Å². The molecule has 0 rings (SSSR count). The molecule has 0 unspecified atom stereocenters. The summed E-state index contributed by atoms with van der Waals surface area (Å²) < 4.78 is 2.40. The Hall–Kier alpha value is 0.254. The van der Waals surface area contributed by atoms with Gasteiger partial charge in [0.25, 0.3) is 0 Å². The first kappa shape index (κ1) is 14.8. The molecule has 0 amide bonds. The number of rotatable bonds is 5. The molecule has 0 spiro atoms. The van der Waals surface area contributed by atoms with Crippen LogP contribution in [0.3, 0.4) is 0 Å². The van der Waals surface area contributed by atoms with Crippen LogP contribution < -0.4 is 18.9 Å². The minimum atomic E-state index is -1.17. The third-order valence-electron chi connectivity index (χ3n) is 1.60. The van der Waals surface area contributed by atoms with Crippen molar-refractivity contribution in [3.05, 3.63) is 25.3 Å². The van der Waals surface area contributed by atoms with E-state index in [1.807, 2.05) is 6.08 Å². The first-order chi connectivity index (χ1) is 5.02. The van der Waals surface area contributed by atoms with E-state index < -0.39 is 8.24 Å². The van der Waals surface area contributed by atoms with Crippen LogP contribution in [0.1, 0.15) is 0 Å². The quantitative estimate of drug-likeness (QED) is 0.303. The third kappa shape index (κ3) is 5.85. The summed E-state index contributed by atoms with van der Waals surface area (Å²) >= 11 is 0. The molecule has 0 radical (unpaired) electrons. The van der Waals surface area contributed by atoms with Gasteiger partial charge in [0, 0.05) is 6.54 Å². The van der Waals surface area contributed by atoms with Crippen molar-refractivity contribution in [1.29, 1.82) is 0 Å². The van der Waals surface area contributed by atoms with Crippen LogP contribution in [-0.4, -0.2) is 25.9 Å². The maximum absolute atomic E-state index is 3.73. The molecule has 64 valence electrons. The molecule has 0 aliphatic carbocycles. The van der Waals surface area contributed by atoms with Crippen molar-refractivity contribution in [2.24, 2.45) is 0 Å². The molecule has 1 nitrogen and oxygen atoms in total. The van der Waals surface area contributed by atoms with Gasteiger partial charge in [0.15, 0.2) is 0 Å². The van der Waals surface area contributed by atoms with Crippen LogP contribution in [0.4, 0.5) is 0 Å². The molecule has 12 heavy (non-hydrogen) atoms. The zero-order valence-corrected chi connectivity index (χ0v) is 9.85. The van der Waals surface area contributed by atoms with E-state index in [0.29, 0.717) is 0 Å². The van der Waals surface area contributed by atoms with Gasteiger partial charge in [-0.3, -0.25) is 6.58 Å². The number of hydrogen-bond acceptors (Lipinski definition) is 1. The molecule has 0 saturated carbocycles. The van der Waals surface area contributed by atoms with Gasteiger partial charge in [0.2, 0.25) is 0 Å². The normalized spacial score (nSPS) is 10.7. The summed E-state index contributed by atoms with van der Waals surface area (Å²) in [5.41, 5.74) is 0. The summed E-state index contributed by atoms with van der Waals surface area (Å²) in [5, 5.41) is 0. The summed E-state index contributed by atoms with van der Waals surface area (Å²) in [6.45, 7) is 16.1. The van der Waals surface area contributed by atoms with Gasteiger partial charge in [-0.05, 0) is 0 Å². The minimum Gasteiger partial charge on any atom is -0.490 e. The fourth-order valence-electron chi connectivity index (χ4n) is 0.866. The zero-order chi connectivity index (χ0) is 8.91. The second-order valence-electron chi connectivity index (χ2n) is 3.59. The van der Waals surface area contributed by atoms with Gasteiger partial charge >= 0.3 is 18.9 Å². The molecule has 0 aliphatic heterocycles. The zero-order valence-electron chi connectivity index (χ0n) is 8.85. The van der Waals surface area contributed by atoms with Crippen molar-refractivity contribution < 1.29 is 18.9 Å².